The van der Waals surface area contributed by atoms with Crippen molar-refractivity contribution in [2.75, 3.05) is 19.0 Å². The quantitative estimate of drug-likeness (QED) is 0.838. The van der Waals surface area contributed by atoms with Crippen LogP contribution in [0, 0.1) is 0 Å². The summed E-state index contributed by atoms with van der Waals surface area (Å²) in [5, 5.41) is 4.06. The fourth-order valence-corrected chi connectivity index (χ4v) is 2.91. The number of benzene rings is 1. The van der Waals surface area contributed by atoms with Gasteiger partial charge in [0.15, 0.2) is 0 Å². The number of ether oxygens (including phenoxy) is 1. The number of anilines is 1. The molecule has 0 aliphatic rings. The van der Waals surface area contributed by atoms with Crippen LogP contribution in [0.5, 0.6) is 5.75 Å². The molecule has 0 radical (unpaired) electrons. The molecular weight excluding hydrogens is 326 g/mol. The Morgan fingerprint density at radius 3 is 2.95 bits per heavy atom. The number of hydrogen-bond acceptors (Lipinski definition) is 5. The average molecular weight is 340 g/mol. The van der Waals surface area contributed by atoms with Gasteiger partial charge in [0.25, 0.3) is 0 Å². The number of hydrogen-bond donors (Lipinski definition) is 1. The van der Waals surface area contributed by atoms with E-state index in [9.17, 15) is 0 Å². The predicted octanol–water partition coefficient (Wildman–Crippen LogP) is 3.83. The molecule has 0 unspecified atom stereocenters. The van der Waals surface area contributed by atoms with E-state index in [0.29, 0.717) is 0 Å². The summed E-state index contributed by atoms with van der Waals surface area (Å²) >= 11 is 5.10. The van der Waals surface area contributed by atoms with E-state index >= 15 is 0 Å². The van der Waals surface area contributed by atoms with Crippen molar-refractivity contribution in [1.82, 2.24) is 9.97 Å². The summed E-state index contributed by atoms with van der Waals surface area (Å²) in [4.78, 5) is 9.56. The summed E-state index contributed by atoms with van der Waals surface area (Å²) < 4.78 is 6.09. The number of halogens is 1. The van der Waals surface area contributed by atoms with E-state index in [4.69, 9.17) is 4.74 Å². The van der Waals surface area contributed by atoms with E-state index in [1.165, 1.54) is 0 Å². The minimum atomic E-state index is 0.808. The van der Waals surface area contributed by atoms with Crippen molar-refractivity contribution in [2.45, 2.75) is 16.8 Å². The van der Waals surface area contributed by atoms with Crippen molar-refractivity contribution in [2.24, 2.45) is 0 Å². The molecule has 6 heteroatoms. The van der Waals surface area contributed by atoms with Crippen LogP contribution in [0.4, 0.5) is 5.82 Å². The standard InChI is InChI=1S/C13H14BrN3OS/c1-3-15-12-11(14)13(17-8-16-12)19-10-6-4-5-9(7-10)18-2/h4-8H,3H2,1-2H3,(H,15,16,17). The first kappa shape index (κ1) is 14.1. The molecule has 1 aromatic carbocycles. The fraction of sp³-hybridized carbons (Fsp3) is 0.231. The van der Waals surface area contributed by atoms with Gasteiger partial charge in [-0.15, -0.1) is 0 Å². The molecule has 19 heavy (non-hydrogen) atoms. The van der Waals surface area contributed by atoms with Crippen LogP contribution >= 0.6 is 27.7 Å². The first-order valence-electron chi connectivity index (χ1n) is 5.81. The molecule has 1 heterocycles. The van der Waals surface area contributed by atoms with Gasteiger partial charge >= 0.3 is 0 Å². The lowest BCUT2D eigenvalue weighted by molar-refractivity contribution is 0.413. The first-order chi connectivity index (χ1) is 9.24. The lowest BCUT2D eigenvalue weighted by Crippen LogP contribution is -2.01. The zero-order valence-corrected chi connectivity index (χ0v) is 13.1. The van der Waals surface area contributed by atoms with Gasteiger partial charge in [0.2, 0.25) is 0 Å². The maximum absolute atomic E-state index is 5.21. The largest absolute Gasteiger partial charge is 0.497 e. The zero-order chi connectivity index (χ0) is 13.7. The Kier molecular flexibility index (Phi) is 5.04. The SMILES string of the molecule is CCNc1ncnc(Sc2cccc(OC)c2)c1Br. The number of nitrogens with one attached hydrogen (secondary N) is 1. The second-order valence-electron chi connectivity index (χ2n) is 3.65. The second-order valence-corrected chi connectivity index (χ2v) is 5.51. The van der Waals surface area contributed by atoms with Gasteiger partial charge in [-0.05, 0) is 41.1 Å². The Labute approximate surface area is 125 Å². The van der Waals surface area contributed by atoms with Gasteiger partial charge in [0, 0.05) is 11.4 Å². The van der Waals surface area contributed by atoms with Crippen LogP contribution in [-0.4, -0.2) is 23.6 Å². The number of rotatable bonds is 5. The highest BCUT2D eigenvalue weighted by molar-refractivity contribution is 9.10. The molecular formula is C13H14BrN3OS. The monoisotopic (exact) mass is 339 g/mol. The molecule has 4 nitrogen and oxygen atoms in total. The molecule has 0 saturated carbocycles. The molecule has 2 rings (SSSR count). The van der Waals surface area contributed by atoms with Crippen LogP contribution in [0.25, 0.3) is 0 Å². The Balaban J connectivity index is 2.25. The lowest BCUT2D eigenvalue weighted by Gasteiger charge is -2.09. The van der Waals surface area contributed by atoms with Gasteiger partial charge in [0.1, 0.15) is 22.9 Å². The smallest absolute Gasteiger partial charge is 0.144 e. The third-order valence-electron chi connectivity index (χ3n) is 2.36. The highest BCUT2D eigenvalue weighted by atomic mass is 79.9. The molecule has 0 saturated heterocycles. The van der Waals surface area contributed by atoms with Crippen LogP contribution < -0.4 is 10.1 Å². The van der Waals surface area contributed by atoms with Gasteiger partial charge in [-0.3, -0.25) is 0 Å². The molecule has 0 aliphatic heterocycles. The summed E-state index contributed by atoms with van der Waals surface area (Å²) in [5.74, 6) is 1.64. The summed E-state index contributed by atoms with van der Waals surface area (Å²) in [6, 6.07) is 7.88. The lowest BCUT2D eigenvalue weighted by atomic mass is 10.3. The molecule has 0 fully saturated rings. The van der Waals surface area contributed by atoms with Crippen molar-refractivity contribution in [1.29, 1.82) is 0 Å². The normalized spacial score (nSPS) is 10.3. The first-order valence-corrected chi connectivity index (χ1v) is 7.41. The topological polar surface area (TPSA) is 47.0 Å². The average Bonchev–Trinajstić information content (AvgIpc) is 2.44. The molecule has 0 amide bonds. The van der Waals surface area contributed by atoms with Crippen LogP contribution in [0.1, 0.15) is 6.92 Å². The highest BCUT2D eigenvalue weighted by Gasteiger charge is 2.09. The van der Waals surface area contributed by atoms with Crippen molar-refractivity contribution in [3.05, 3.63) is 35.1 Å². The van der Waals surface area contributed by atoms with E-state index < -0.39 is 0 Å². The molecule has 1 N–H and O–H groups in total. The number of methoxy groups -OCH3 is 1. The minimum absolute atomic E-state index is 0.808. The molecule has 100 valence electrons. The van der Waals surface area contributed by atoms with Crippen LogP contribution in [-0.2, 0) is 0 Å². The maximum atomic E-state index is 5.21. The van der Waals surface area contributed by atoms with Gasteiger partial charge in [-0.1, -0.05) is 17.8 Å². The third kappa shape index (κ3) is 3.61. The van der Waals surface area contributed by atoms with E-state index in [-0.39, 0.29) is 0 Å². The van der Waals surface area contributed by atoms with Crippen molar-refractivity contribution in [3.63, 3.8) is 0 Å². The Hall–Kier alpha value is -1.27. The summed E-state index contributed by atoms with van der Waals surface area (Å²) in [5.41, 5.74) is 0. The summed E-state index contributed by atoms with van der Waals surface area (Å²) in [6.45, 7) is 2.85. The molecule has 1 aromatic heterocycles. The van der Waals surface area contributed by atoms with E-state index in [2.05, 4.69) is 31.2 Å². The van der Waals surface area contributed by atoms with Gasteiger partial charge in [-0.2, -0.15) is 0 Å². The fourth-order valence-electron chi connectivity index (χ4n) is 1.49. The van der Waals surface area contributed by atoms with Crippen LogP contribution in [0.15, 0.2) is 45.0 Å². The van der Waals surface area contributed by atoms with E-state index in [1.807, 2.05) is 31.2 Å². The Bertz CT molecular complexity index is 565. The number of nitrogens with zero attached hydrogens (tertiary/aromatic N) is 2. The third-order valence-corrected chi connectivity index (χ3v) is 4.36. The number of aromatic nitrogens is 2. The molecule has 0 spiro atoms. The Morgan fingerprint density at radius 2 is 2.21 bits per heavy atom. The maximum Gasteiger partial charge on any atom is 0.144 e. The van der Waals surface area contributed by atoms with Gasteiger partial charge < -0.3 is 10.1 Å². The minimum Gasteiger partial charge on any atom is -0.497 e. The van der Waals surface area contributed by atoms with Crippen molar-refractivity contribution >= 4 is 33.5 Å². The Morgan fingerprint density at radius 1 is 1.37 bits per heavy atom. The van der Waals surface area contributed by atoms with Crippen LogP contribution in [0.2, 0.25) is 0 Å². The molecule has 0 aliphatic carbocycles. The second kappa shape index (κ2) is 6.77. The van der Waals surface area contributed by atoms with Crippen molar-refractivity contribution in [3.8, 4) is 5.75 Å². The van der Waals surface area contributed by atoms with E-state index in [1.54, 1.807) is 25.2 Å². The molecule has 0 atom stereocenters. The highest BCUT2D eigenvalue weighted by Crippen LogP contribution is 2.35. The summed E-state index contributed by atoms with van der Waals surface area (Å²) in [6.07, 6.45) is 1.56. The molecule has 2 aromatic rings. The van der Waals surface area contributed by atoms with Crippen molar-refractivity contribution < 1.29 is 4.74 Å². The van der Waals surface area contributed by atoms with Gasteiger partial charge in [0.05, 0.1) is 11.6 Å². The zero-order valence-electron chi connectivity index (χ0n) is 10.7. The van der Waals surface area contributed by atoms with E-state index in [0.717, 1.165) is 32.5 Å². The predicted molar refractivity (Wildman–Crippen MR) is 81.0 cm³/mol. The molecule has 0 bridgehead atoms. The van der Waals surface area contributed by atoms with Crippen LogP contribution in [0.3, 0.4) is 0 Å². The summed E-state index contributed by atoms with van der Waals surface area (Å²) in [7, 11) is 1.66. The van der Waals surface area contributed by atoms with Gasteiger partial charge in [-0.25, -0.2) is 9.97 Å².